The molecule has 0 saturated carbocycles. The van der Waals surface area contributed by atoms with Crippen molar-refractivity contribution in [2.75, 3.05) is 43.5 Å². The highest BCUT2D eigenvalue weighted by Crippen LogP contribution is 2.36. The van der Waals surface area contributed by atoms with Crippen molar-refractivity contribution in [2.45, 2.75) is 19.9 Å². The molecule has 1 amide bonds. The number of aromatic nitrogens is 2. The molecule has 2 N–H and O–H groups in total. The number of benzene rings is 2. The highest BCUT2D eigenvalue weighted by atomic mass is 19.1. The van der Waals surface area contributed by atoms with Crippen LogP contribution < -0.4 is 15.4 Å². The van der Waals surface area contributed by atoms with Gasteiger partial charge in [-0.25, -0.2) is 9.37 Å². The van der Waals surface area contributed by atoms with Crippen LogP contribution in [-0.2, 0) is 16.1 Å². The van der Waals surface area contributed by atoms with E-state index in [1.165, 1.54) is 18.3 Å². The van der Waals surface area contributed by atoms with Gasteiger partial charge in [-0.15, -0.1) is 0 Å². The molecule has 214 valence electrons. The maximum atomic E-state index is 13.9. The van der Waals surface area contributed by atoms with Crippen LogP contribution in [0, 0.1) is 5.82 Å². The summed E-state index contributed by atoms with van der Waals surface area (Å²) in [5.41, 5.74) is 7.07. The van der Waals surface area contributed by atoms with Crippen molar-refractivity contribution < 1.29 is 18.7 Å². The lowest BCUT2D eigenvalue weighted by Gasteiger charge is -2.26. The standard InChI is InChI=1S/C33H32FN5O3/c1-2-23-19-36-29-9-7-24(25-15-22(17-35-18-25)21-39-11-13-41-14-12-39)16-27(29)32(23)33(40)38-26-8-10-31(37-20-26)42-30-6-4-3-5-28(30)34/h3-10,15-18,20,36H,2,11-14,19,21H2,1H3,(H,38,40). The summed E-state index contributed by atoms with van der Waals surface area (Å²) in [5.74, 6) is -0.369. The van der Waals surface area contributed by atoms with E-state index in [9.17, 15) is 9.18 Å². The van der Waals surface area contributed by atoms with Crippen LogP contribution in [0.5, 0.6) is 11.6 Å². The first-order chi connectivity index (χ1) is 20.6. The van der Waals surface area contributed by atoms with Crippen LogP contribution >= 0.6 is 0 Å². The number of hydrogen-bond donors (Lipinski definition) is 2. The number of anilines is 2. The molecule has 0 atom stereocenters. The minimum absolute atomic E-state index is 0.0866. The van der Waals surface area contributed by atoms with E-state index in [4.69, 9.17) is 9.47 Å². The number of nitrogens with one attached hydrogen (secondary N) is 2. The Balaban J connectivity index is 1.22. The van der Waals surface area contributed by atoms with Crippen molar-refractivity contribution in [1.29, 1.82) is 0 Å². The second-order valence-electron chi connectivity index (χ2n) is 10.3. The number of amides is 1. The minimum Gasteiger partial charge on any atom is -0.436 e. The molecule has 42 heavy (non-hydrogen) atoms. The van der Waals surface area contributed by atoms with Crippen LogP contribution in [0.2, 0.25) is 0 Å². The van der Waals surface area contributed by atoms with Crippen LogP contribution in [-0.4, -0.2) is 53.6 Å². The Hall–Kier alpha value is -4.60. The van der Waals surface area contributed by atoms with Crippen molar-refractivity contribution in [3.8, 4) is 22.8 Å². The van der Waals surface area contributed by atoms with Gasteiger partial charge in [-0.3, -0.25) is 14.7 Å². The molecule has 2 aromatic heterocycles. The Morgan fingerprint density at radius 2 is 1.90 bits per heavy atom. The Kier molecular flexibility index (Phi) is 8.21. The number of fused-ring (bicyclic) bond motifs is 1. The van der Waals surface area contributed by atoms with E-state index in [0.717, 1.165) is 72.8 Å². The SMILES string of the molecule is CCC1=C(C(=O)Nc2ccc(Oc3ccccc3F)nc2)c2cc(-c3cncc(CN4CCOCC4)c3)ccc2NC1. The first-order valence-corrected chi connectivity index (χ1v) is 14.1. The first-order valence-electron chi connectivity index (χ1n) is 14.1. The predicted molar refractivity (Wildman–Crippen MR) is 161 cm³/mol. The second kappa shape index (κ2) is 12.5. The lowest BCUT2D eigenvalue weighted by molar-refractivity contribution is -0.111. The fraction of sp³-hybridized carbons (Fsp3) is 0.242. The van der Waals surface area contributed by atoms with Crippen LogP contribution in [0.15, 0.2) is 84.8 Å². The molecular formula is C33H32FN5O3. The molecule has 0 radical (unpaired) electrons. The number of ether oxygens (including phenoxy) is 2. The molecule has 2 aromatic carbocycles. The Morgan fingerprint density at radius 1 is 1.05 bits per heavy atom. The van der Waals surface area contributed by atoms with Gasteiger partial charge < -0.3 is 20.1 Å². The van der Waals surface area contributed by atoms with Crippen LogP contribution in [0.3, 0.4) is 0 Å². The second-order valence-corrected chi connectivity index (χ2v) is 10.3. The van der Waals surface area contributed by atoms with Gasteiger partial charge in [-0.2, -0.15) is 0 Å². The number of nitrogens with zero attached hydrogens (tertiary/aromatic N) is 3. The molecule has 2 aliphatic rings. The molecule has 4 aromatic rings. The van der Waals surface area contributed by atoms with Gasteiger partial charge >= 0.3 is 0 Å². The third-order valence-electron chi connectivity index (χ3n) is 7.47. The lowest BCUT2D eigenvalue weighted by atomic mass is 9.90. The topological polar surface area (TPSA) is 88.6 Å². The Morgan fingerprint density at radius 3 is 2.69 bits per heavy atom. The summed E-state index contributed by atoms with van der Waals surface area (Å²) in [6.07, 6.45) is 6.00. The molecule has 9 heteroatoms. The average molecular weight is 566 g/mol. The van der Waals surface area contributed by atoms with Crippen molar-refractivity contribution >= 4 is 22.9 Å². The molecule has 0 bridgehead atoms. The number of para-hydroxylation sites is 1. The number of hydrogen-bond acceptors (Lipinski definition) is 7. The minimum atomic E-state index is -0.473. The van der Waals surface area contributed by atoms with E-state index in [0.29, 0.717) is 17.8 Å². The highest BCUT2D eigenvalue weighted by Gasteiger charge is 2.24. The number of rotatable bonds is 8. The smallest absolute Gasteiger partial charge is 0.256 e. The highest BCUT2D eigenvalue weighted by molar-refractivity contribution is 6.28. The summed E-state index contributed by atoms with van der Waals surface area (Å²) in [4.78, 5) is 24.8. The van der Waals surface area contributed by atoms with Gasteiger partial charge in [-0.05, 0) is 59.5 Å². The van der Waals surface area contributed by atoms with Gasteiger partial charge in [0.05, 0.1) is 25.1 Å². The largest absolute Gasteiger partial charge is 0.436 e. The molecular weight excluding hydrogens is 533 g/mol. The summed E-state index contributed by atoms with van der Waals surface area (Å²) in [5, 5.41) is 6.45. The monoisotopic (exact) mass is 565 g/mol. The molecule has 0 aliphatic carbocycles. The van der Waals surface area contributed by atoms with Gasteiger partial charge in [0.15, 0.2) is 11.6 Å². The maximum Gasteiger partial charge on any atom is 0.256 e. The summed E-state index contributed by atoms with van der Waals surface area (Å²) in [6.45, 7) is 6.79. The molecule has 2 aliphatic heterocycles. The van der Waals surface area contributed by atoms with E-state index in [2.05, 4.69) is 50.6 Å². The fourth-order valence-electron chi connectivity index (χ4n) is 5.25. The number of carbonyl (C=O) groups is 1. The third kappa shape index (κ3) is 6.17. The molecule has 6 rings (SSSR count). The first kappa shape index (κ1) is 27.6. The van der Waals surface area contributed by atoms with E-state index < -0.39 is 5.82 Å². The third-order valence-corrected chi connectivity index (χ3v) is 7.47. The van der Waals surface area contributed by atoms with Crippen molar-refractivity contribution in [1.82, 2.24) is 14.9 Å². The van der Waals surface area contributed by atoms with Crippen molar-refractivity contribution in [3.05, 3.63) is 102 Å². The number of carbonyl (C=O) groups excluding carboxylic acids is 1. The molecule has 0 unspecified atom stereocenters. The molecule has 1 fully saturated rings. The lowest BCUT2D eigenvalue weighted by Crippen LogP contribution is -2.35. The molecule has 4 heterocycles. The number of pyridine rings is 2. The summed E-state index contributed by atoms with van der Waals surface area (Å²) in [7, 11) is 0. The Bertz CT molecular complexity index is 1620. The van der Waals surface area contributed by atoms with Gasteiger partial charge in [0.2, 0.25) is 5.88 Å². The van der Waals surface area contributed by atoms with Gasteiger partial charge in [0.1, 0.15) is 0 Å². The van der Waals surface area contributed by atoms with Crippen LogP contribution in [0.1, 0.15) is 24.5 Å². The molecule has 1 saturated heterocycles. The van der Waals surface area contributed by atoms with Crippen LogP contribution in [0.4, 0.5) is 15.8 Å². The summed E-state index contributed by atoms with van der Waals surface area (Å²) >= 11 is 0. The zero-order valence-corrected chi connectivity index (χ0v) is 23.4. The van der Waals surface area contributed by atoms with Gasteiger partial charge in [0, 0.05) is 67.0 Å². The zero-order valence-electron chi connectivity index (χ0n) is 23.4. The predicted octanol–water partition coefficient (Wildman–Crippen LogP) is 6.14. The van der Waals surface area contributed by atoms with E-state index >= 15 is 0 Å². The van der Waals surface area contributed by atoms with E-state index in [-0.39, 0.29) is 17.5 Å². The van der Waals surface area contributed by atoms with Crippen molar-refractivity contribution in [2.24, 2.45) is 0 Å². The van der Waals surface area contributed by atoms with E-state index in [1.807, 2.05) is 18.5 Å². The average Bonchev–Trinajstić information content (AvgIpc) is 3.03. The maximum absolute atomic E-state index is 13.9. The normalized spacial score (nSPS) is 15.1. The number of morpholine rings is 1. The van der Waals surface area contributed by atoms with E-state index in [1.54, 1.807) is 24.3 Å². The molecule has 0 spiro atoms. The summed E-state index contributed by atoms with van der Waals surface area (Å²) in [6, 6.07) is 17.7. The number of halogens is 1. The molecule has 8 nitrogen and oxygen atoms in total. The fourth-order valence-corrected chi connectivity index (χ4v) is 5.25. The van der Waals surface area contributed by atoms with Gasteiger partial charge in [-0.1, -0.05) is 25.1 Å². The Labute approximate surface area is 244 Å². The van der Waals surface area contributed by atoms with Gasteiger partial charge in [0.25, 0.3) is 5.91 Å². The zero-order chi connectivity index (χ0) is 28.9. The summed E-state index contributed by atoms with van der Waals surface area (Å²) < 4.78 is 25.0. The quantitative estimate of drug-likeness (QED) is 0.266. The van der Waals surface area contributed by atoms with Crippen molar-refractivity contribution in [3.63, 3.8) is 0 Å². The van der Waals surface area contributed by atoms with Crippen LogP contribution in [0.25, 0.3) is 16.7 Å².